The molecule has 0 bridgehead atoms. The molecule has 0 aromatic carbocycles. The van der Waals surface area contributed by atoms with Crippen molar-refractivity contribution in [2.75, 3.05) is 40.3 Å². The van der Waals surface area contributed by atoms with E-state index in [4.69, 9.17) is 4.74 Å². The lowest BCUT2D eigenvalue weighted by atomic mass is 10.4. The quantitative estimate of drug-likeness (QED) is 0.653. The molecule has 4 nitrogen and oxygen atoms in total. The summed E-state index contributed by atoms with van der Waals surface area (Å²) in [7, 11) is 3.92. The van der Waals surface area contributed by atoms with Gasteiger partial charge in [0.2, 0.25) is 0 Å². The highest BCUT2D eigenvalue weighted by atomic mass is 16.6. The van der Waals surface area contributed by atoms with Gasteiger partial charge in [-0.1, -0.05) is 0 Å². The first-order chi connectivity index (χ1) is 6.20. The molecular weight excluding hydrogens is 168 g/mol. The Kier molecular flexibility index (Phi) is 4.02. The molecule has 4 heteroatoms. The second kappa shape index (κ2) is 5.07. The summed E-state index contributed by atoms with van der Waals surface area (Å²) in [6, 6.07) is 0. The van der Waals surface area contributed by atoms with Gasteiger partial charge in [-0.3, -0.25) is 0 Å². The van der Waals surface area contributed by atoms with E-state index in [2.05, 4.69) is 0 Å². The van der Waals surface area contributed by atoms with Crippen LogP contribution in [0.25, 0.3) is 0 Å². The van der Waals surface area contributed by atoms with E-state index in [0.29, 0.717) is 6.61 Å². The first kappa shape index (κ1) is 10.3. The SMILES string of the molecule is CN(C)CCOC(=O)N1CCCC1. The molecule has 76 valence electrons. The van der Waals surface area contributed by atoms with Gasteiger partial charge in [-0.25, -0.2) is 4.79 Å². The Bertz CT molecular complexity index is 165. The van der Waals surface area contributed by atoms with E-state index < -0.39 is 0 Å². The Morgan fingerprint density at radius 1 is 1.38 bits per heavy atom. The number of carbonyl (C=O) groups is 1. The molecule has 0 saturated carbocycles. The van der Waals surface area contributed by atoms with Crippen molar-refractivity contribution in [1.29, 1.82) is 0 Å². The van der Waals surface area contributed by atoms with Crippen LogP contribution in [0.4, 0.5) is 4.79 Å². The number of ether oxygens (including phenoxy) is 1. The molecule has 1 amide bonds. The highest BCUT2D eigenvalue weighted by Crippen LogP contribution is 2.08. The molecule has 0 radical (unpaired) electrons. The molecule has 0 aromatic heterocycles. The van der Waals surface area contributed by atoms with Gasteiger partial charge in [0.15, 0.2) is 0 Å². The lowest BCUT2D eigenvalue weighted by Gasteiger charge is -2.16. The number of likely N-dealkylation sites (N-methyl/N-ethyl adjacent to an activating group) is 1. The number of carbonyl (C=O) groups excluding carboxylic acids is 1. The molecule has 1 heterocycles. The normalized spacial score (nSPS) is 16.7. The Morgan fingerprint density at radius 3 is 2.54 bits per heavy atom. The van der Waals surface area contributed by atoms with E-state index in [1.165, 1.54) is 0 Å². The summed E-state index contributed by atoms with van der Waals surface area (Å²) in [6.45, 7) is 3.00. The van der Waals surface area contributed by atoms with Crippen molar-refractivity contribution in [2.45, 2.75) is 12.8 Å². The fourth-order valence-electron chi connectivity index (χ4n) is 1.31. The summed E-state index contributed by atoms with van der Waals surface area (Å²) in [5.41, 5.74) is 0. The molecule has 0 aliphatic carbocycles. The van der Waals surface area contributed by atoms with E-state index in [-0.39, 0.29) is 6.09 Å². The largest absolute Gasteiger partial charge is 0.448 e. The van der Waals surface area contributed by atoms with Gasteiger partial charge in [-0.05, 0) is 26.9 Å². The number of likely N-dealkylation sites (tertiary alicyclic amines) is 1. The maximum Gasteiger partial charge on any atom is 0.409 e. The smallest absolute Gasteiger partial charge is 0.409 e. The number of amides is 1. The van der Waals surface area contributed by atoms with Crippen LogP contribution in [-0.4, -0.2) is 56.2 Å². The molecule has 0 spiro atoms. The highest BCUT2D eigenvalue weighted by molar-refractivity contribution is 5.67. The van der Waals surface area contributed by atoms with Crippen molar-refractivity contribution in [1.82, 2.24) is 9.80 Å². The third-order valence-electron chi connectivity index (χ3n) is 2.13. The zero-order valence-corrected chi connectivity index (χ0v) is 8.45. The van der Waals surface area contributed by atoms with E-state index in [0.717, 1.165) is 32.5 Å². The third-order valence-corrected chi connectivity index (χ3v) is 2.13. The van der Waals surface area contributed by atoms with Gasteiger partial charge in [0.25, 0.3) is 0 Å². The lowest BCUT2D eigenvalue weighted by molar-refractivity contribution is 0.104. The summed E-state index contributed by atoms with van der Waals surface area (Å²) in [5.74, 6) is 0. The molecule has 0 aromatic rings. The summed E-state index contributed by atoms with van der Waals surface area (Å²) >= 11 is 0. The first-order valence-electron chi connectivity index (χ1n) is 4.76. The number of hydrogen-bond donors (Lipinski definition) is 0. The Labute approximate surface area is 79.4 Å². The molecule has 0 N–H and O–H groups in total. The average molecular weight is 186 g/mol. The maximum absolute atomic E-state index is 11.3. The minimum absolute atomic E-state index is 0.153. The zero-order valence-electron chi connectivity index (χ0n) is 8.45. The Balaban J connectivity index is 2.10. The van der Waals surface area contributed by atoms with Crippen molar-refractivity contribution in [2.24, 2.45) is 0 Å². The van der Waals surface area contributed by atoms with Gasteiger partial charge in [0, 0.05) is 19.6 Å². The second-order valence-corrected chi connectivity index (χ2v) is 3.61. The van der Waals surface area contributed by atoms with E-state index in [1.807, 2.05) is 19.0 Å². The van der Waals surface area contributed by atoms with Crippen molar-refractivity contribution < 1.29 is 9.53 Å². The molecular formula is C9H18N2O2. The molecule has 1 aliphatic rings. The first-order valence-corrected chi connectivity index (χ1v) is 4.76. The molecule has 1 fully saturated rings. The highest BCUT2D eigenvalue weighted by Gasteiger charge is 2.18. The maximum atomic E-state index is 11.3. The lowest BCUT2D eigenvalue weighted by Crippen LogP contribution is -2.30. The molecule has 1 rings (SSSR count). The monoisotopic (exact) mass is 186 g/mol. The minimum Gasteiger partial charge on any atom is -0.448 e. The van der Waals surface area contributed by atoms with Crippen LogP contribution in [0, 0.1) is 0 Å². The number of hydrogen-bond acceptors (Lipinski definition) is 3. The van der Waals surface area contributed by atoms with Crippen LogP contribution in [-0.2, 0) is 4.74 Å². The molecule has 0 atom stereocenters. The van der Waals surface area contributed by atoms with Crippen molar-refractivity contribution in [3.05, 3.63) is 0 Å². The predicted octanol–water partition coefficient (Wildman–Crippen LogP) is 0.780. The summed E-state index contributed by atoms with van der Waals surface area (Å²) in [6.07, 6.45) is 2.07. The van der Waals surface area contributed by atoms with Gasteiger partial charge < -0.3 is 14.5 Å². The van der Waals surface area contributed by atoms with Crippen LogP contribution >= 0.6 is 0 Å². The molecule has 1 saturated heterocycles. The van der Waals surface area contributed by atoms with Gasteiger partial charge in [-0.15, -0.1) is 0 Å². The number of rotatable bonds is 3. The fourth-order valence-corrected chi connectivity index (χ4v) is 1.31. The van der Waals surface area contributed by atoms with E-state index >= 15 is 0 Å². The third kappa shape index (κ3) is 3.63. The van der Waals surface area contributed by atoms with E-state index in [9.17, 15) is 4.79 Å². The van der Waals surface area contributed by atoms with Crippen LogP contribution in [0.5, 0.6) is 0 Å². The standard InChI is InChI=1S/C9H18N2O2/c1-10(2)7-8-13-9(12)11-5-3-4-6-11/h3-8H2,1-2H3. The zero-order chi connectivity index (χ0) is 9.68. The van der Waals surface area contributed by atoms with Crippen LogP contribution in [0.15, 0.2) is 0 Å². The van der Waals surface area contributed by atoms with Crippen molar-refractivity contribution in [3.8, 4) is 0 Å². The van der Waals surface area contributed by atoms with Crippen LogP contribution in [0.3, 0.4) is 0 Å². The van der Waals surface area contributed by atoms with Crippen molar-refractivity contribution in [3.63, 3.8) is 0 Å². The average Bonchev–Trinajstić information content (AvgIpc) is 2.55. The van der Waals surface area contributed by atoms with Gasteiger partial charge in [0.1, 0.15) is 6.61 Å². The van der Waals surface area contributed by atoms with Crippen LogP contribution < -0.4 is 0 Å². The molecule has 0 unspecified atom stereocenters. The summed E-state index contributed by atoms with van der Waals surface area (Å²) < 4.78 is 5.08. The van der Waals surface area contributed by atoms with Crippen LogP contribution in [0.2, 0.25) is 0 Å². The van der Waals surface area contributed by atoms with Gasteiger partial charge >= 0.3 is 6.09 Å². The second-order valence-electron chi connectivity index (χ2n) is 3.61. The van der Waals surface area contributed by atoms with Gasteiger partial charge in [-0.2, -0.15) is 0 Å². The van der Waals surface area contributed by atoms with Crippen LogP contribution in [0.1, 0.15) is 12.8 Å². The predicted molar refractivity (Wildman–Crippen MR) is 50.7 cm³/mol. The Morgan fingerprint density at radius 2 is 2.00 bits per heavy atom. The van der Waals surface area contributed by atoms with Crippen molar-refractivity contribution >= 4 is 6.09 Å². The minimum atomic E-state index is -0.153. The number of nitrogens with zero attached hydrogens (tertiary/aromatic N) is 2. The fraction of sp³-hybridized carbons (Fsp3) is 0.889. The topological polar surface area (TPSA) is 32.8 Å². The summed E-state index contributed by atoms with van der Waals surface area (Å²) in [4.78, 5) is 15.1. The summed E-state index contributed by atoms with van der Waals surface area (Å²) in [5, 5.41) is 0. The van der Waals surface area contributed by atoms with E-state index in [1.54, 1.807) is 4.90 Å². The molecule has 13 heavy (non-hydrogen) atoms. The van der Waals surface area contributed by atoms with Gasteiger partial charge in [0.05, 0.1) is 0 Å². The Hall–Kier alpha value is -0.770. The molecule has 1 aliphatic heterocycles.